The number of aromatic nitrogens is 2. The highest BCUT2D eigenvalue weighted by molar-refractivity contribution is 5.03. The Kier molecular flexibility index (Phi) is 2.82. The Morgan fingerprint density at radius 3 is 2.93 bits per heavy atom. The fourth-order valence-corrected chi connectivity index (χ4v) is 1.64. The molecule has 0 saturated carbocycles. The largest absolute Gasteiger partial charge is 0.339 e. The maximum atomic E-state index is 5.25. The second kappa shape index (κ2) is 4.09. The minimum absolute atomic E-state index is 0.397. The highest BCUT2D eigenvalue weighted by atomic mass is 16.5. The normalized spacial score (nSPS) is 19.3. The third-order valence-electron chi connectivity index (χ3n) is 2.75. The van der Waals surface area contributed by atoms with E-state index < -0.39 is 0 Å². The predicted octanol–water partition coefficient (Wildman–Crippen LogP) is 1.66. The number of hydrogen-bond acceptors (Lipinski definition) is 4. The van der Waals surface area contributed by atoms with Gasteiger partial charge in [0.1, 0.15) is 0 Å². The molecule has 2 rings (SSSR count). The van der Waals surface area contributed by atoms with Gasteiger partial charge in [-0.25, -0.2) is 0 Å². The smallest absolute Gasteiger partial charge is 0.229 e. The van der Waals surface area contributed by atoms with Crippen LogP contribution in [0, 0.1) is 0 Å². The molecule has 0 aromatic carbocycles. The van der Waals surface area contributed by atoms with E-state index in [1.54, 1.807) is 0 Å². The van der Waals surface area contributed by atoms with E-state index >= 15 is 0 Å². The fraction of sp³-hybridized carbons (Fsp3) is 0.800. The zero-order valence-corrected chi connectivity index (χ0v) is 8.79. The van der Waals surface area contributed by atoms with Gasteiger partial charge in [-0.15, -0.1) is 0 Å². The topological polar surface area (TPSA) is 51.0 Å². The summed E-state index contributed by atoms with van der Waals surface area (Å²) in [5.74, 6) is 2.55. The molecule has 14 heavy (non-hydrogen) atoms. The zero-order chi connectivity index (χ0) is 9.97. The molecule has 1 fully saturated rings. The van der Waals surface area contributed by atoms with Gasteiger partial charge < -0.3 is 9.84 Å². The van der Waals surface area contributed by atoms with E-state index in [0.717, 1.165) is 37.6 Å². The highest BCUT2D eigenvalue weighted by Gasteiger charge is 2.25. The number of hydrogen-bond donors (Lipinski definition) is 1. The lowest BCUT2D eigenvalue weighted by Crippen LogP contribution is -2.40. The first-order valence-corrected chi connectivity index (χ1v) is 5.35. The Hall–Kier alpha value is -0.900. The van der Waals surface area contributed by atoms with Gasteiger partial charge in [0.15, 0.2) is 5.82 Å². The van der Waals surface area contributed by atoms with Gasteiger partial charge in [0.2, 0.25) is 5.89 Å². The van der Waals surface area contributed by atoms with Crippen molar-refractivity contribution in [3.8, 4) is 0 Å². The number of rotatable bonds is 4. The van der Waals surface area contributed by atoms with E-state index in [4.69, 9.17) is 4.52 Å². The highest BCUT2D eigenvalue weighted by Crippen LogP contribution is 2.22. The minimum atomic E-state index is 0.397. The van der Waals surface area contributed by atoms with Crippen LogP contribution in [-0.2, 0) is 0 Å². The minimum Gasteiger partial charge on any atom is -0.339 e. The van der Waals surface area contributed by atoms with E-state index in [-0.39, 0.29) is 0 Å². The van der Waals surface area contributed by atoms with Crippen LogP contribution in [0.3, 0.4) is 0 Å². The van der Waals surface area contributed by atoms with E-state index in [9.17, 15) is 0 Å². The summed E-state index contributed by atoms with van der Waals surface area (Å²) in [6, 6.07) is 0. The van der Waals surface area contributed by atoms with Gasteiger partial charge >= 0.3 is 0 Å². The summed E-state index contributed by atoms with van der Waals surface area (Å²) in [6.07, 6.45) is 2.27. The Labute approximate surface area is 84.1 Å². The summed E-state index contributed by atoms with van der Waals surface area (Å²) in [7, 11) is 0. The van der Waals surface area contributed by atoms with Crippen LogP contribution in [0.25, 0.3) is 0 Å². The van der Waals surface area contributed by atoms with Crippen molar-refractivity contribution in [2.75, 3.05) is 13.1 Å². The van der Waals surface area contributed by atoms with E-state index in [2.05, 4.69) is 29.3 Å². The van der Waals surface area contributed by atoms with Gasteiger partial charge in [0, 0.05) is 24.9 Å². The second-order valence-corrected chi connectivity index (χ2v) is 4.04. The third kappa shape index (κ3) is 1.80. The Morgan fingerprint density at radius 1 is 1.57 bits per heavy atom. The van der Waals surface area contributed by atoms with Crippen LogP contribution >= 0.6 is 0 Å². The molecule has 0 aliphatic carbocycles. The Bertz CT molecular complexity index is 293. The monoisotopic (exact) mass is 195 g/mol. The Balaban J connectivity index is 2.01. The van der Waals surface area contributed by atoms with Crippen LogP contribution in [0.4, 0.5) is 0 Å². The molecule has 1 N–H and O–H groups in total. The molecule has 1 atom stereocenters. The maximum Gasteiger partial charge on any atom is 0.229 e. The van der Waals surface area contributed by atoms with Gasteiger partial charge in [-0.05, 0) is 6.42 Å². The summed E-state index contributed by atoms with van der Waals surface area (Å²) in [4.78, 5) is 4.43. The van der Waals surface area contributed by atoms with Crippen LogP contribution in [0.2, 0.25) is 0 Å². The summed E-state index contributed by atoms with van der Waals surface area (Å²) in [5.41, 5.74) is 0. The van der Waals surface area contributed by atoms with Crippen molar-refractivity contribution < 1.29 is 4.52 Å². The predicted molar refractivity (Wildman–Crippen MR) is 53.2 cm³/mol. The van der Waals surface area contributed by atoms with E-state index in [1.807, 2.05) is 0 Å². The Morgan fingerprint density at radius 2 is 2.36 bits per heavy atom. The molecule has 78 valence electrons. The van der Waals surface area contributed by atoms with Crippen molar-refractivity contribution in [1.29, 1.82) is 0 Å². The van der Waals surface area contributed by atoms with Crippen LogP contribution in [-0.4, -0.2) is 23.2 Å². The third-order valence-corrected chi connectivity index (χ3v) is 2.75. The standard InChI is InChI=1S/C10H17N3O/c1-3-4-7(2)10-12-9(13-14-10)8-5-11-6-8/h7-8,11H,3-6H2,1-2H3. The van der Waals surface area contributed by atoms with Crippen LogP contribution < -0.4 is 5.32 Å². The van der Waals surface area contributed by atoms with Crippen molar-refractivity contribution in [3.63, 3.8) is 0 Å². The molecule has 2 heterocycles. The molecule has 1 aliphatic heterocycles. The molecule has 4 nitrogen and oxygen atoms in total. The molecule has 1 aromatic rings. The van der Waals surface area contributed by atoms with Gasteiger partial charge in [0.05, 0.1) is 0 Å². The van der Waals surface area contributed by atoms with Crippen molar-refractivity contribution in [2.45, 2.75) is 38.5 Å². The molecular weight excluding hydrogens is 178 g/mol. The molecule has 0 bridgehead atoms. The number of nitrogens with zero attached hydrogens (tertiary/aromatic N) is 2. The molecule has 0 radical (unpaired) electrons. The molecule has 0 spiro atoms. The summed E-state index contributed by atoms with van der Waals surface area (Å²) in [5, 5.41) is 7.22. The number of nitrogens with one attached hydrogen (secondary N) is 1. The van der Waals surface area contributed by atoms with Gasteiger partial charge in [-0.3, -0.25) is 0 Å². The van der Waals surface area contributed by atoms with Gasteiger partial charge in [-0.1, -0.05) is 25.4 Å². The average molecular weight is 195 g/mol. The molecule has 1 unspecified atom stereocenters. The lowest BCUT2D eigenvalue weighted by molar-refractivity contribution is 0.338. The van der Waals surface area contributed by atoms with Crippen molar-refractivity contribution >= 4 is 0 Å². The van der Waals surface area contributed by atoms with E-state index in [1.165, 1.54) is 0 Å². The first kappa shape index (κ1) is 9.65. The van der Waals surface area contributed by atoms with Crippen LogP contribution in [0.5, 0.6) is 0 Å². The summed E-state index contributed by atoms with van der Waals surface area (Å²) < 4.78 is 5.25. The zero-order valence-electron chi connectivity index (χ0n) is 8.79. The van der Waals surface area contributed by atoms with Crippen LogP contribution in [0.15, 0.2) is 4.52 Å². The van der Waals surface area contributed by atoms with Crippen molar-refractivity contribution in [2.24, 2.45) is 0 Å². The average Bonchev–Trinajstić information content (AvgIpc) is 2.50. The van der Waals surface area contributed by atoms with Crippen molar-refractivity contribution in [1.82, 2.24) is 15.5 Å². The second-order valence-electron chi connectivity index (χ2n) is 4.04. The molecule has 1 aromatic heterocycles. The quantitative estimate of drug-likeness (QED) is 0.793. The molecule has 1 saturated heterocycles. The van der Waals surface area contributed by atoms with Crippen molar-refractivity contribution in [3.05, 3.63) is 11.7 Å². The fourth-order valence-electron chi connectivity index (χ4n) is 1.64. The molecule has 4 heteroatoms. The van der Waals surface area contributed by atoms with Crippen LogP contribution in [0.1, 0.15) is 50.2 Å². The summed E-state index contributed by atoms with van der Waals surface area (Å²) in [6.45, 7) is 6.28. The lowest BCUT2D eigenvalue weighted by atomic mass is 10.0. The maximum absolute atomic E-state index is 5.25. The van der Waals surface area contributed by atoms with Gasteiger partial charge in [0.25, 0.3) is 0 Å². The molecule has 1 aliphatic rings. The lowest BCUT2D eigenvalue weighted by Gasteiger charge is -2.23. The SMILES string of the molecule is CCCC(C)c1nc(C2CNC2)no1. The van der Waals surface area contributed by atoms with E-state index in [0.29, 0.717) is 11.8 Å². The van der Waals surface area contributed by atoms with Gasteiger partial charge in [-0.2, -0.15) is 4.98 Å². The summed E-state index contributed by atoms with van der Waals surface area (Å²) >= 11 is 0. The molecule has 0 amide bonds. The molecular formula is C10H17N3O. The first-order chi connectivity index (χ1) is 6.81. The first-order valence-electron chi connectivity index (χ1n) is 5.35.